The maximum atomic E-state index is 13.3. The van der Waals surface area contributed by atoms with Crippen LogP contribution in [0.1, 0.15) is 48.5 Å². The van der Waals surface area contributed by atoms with Crippen LogP contribution < -0.4 is 15.1 Å². The van der Waals surface area contributed by atoms with E-state index in [0.717, 1.165) is 0 Å². The van der Waals surface area contributed by atoms with Gasteiger partial charge in [-0.15, -0.1) is 0 Å². The molecule has 0 saturated carbocycles. The number of pyridine rings is 1. The predicted octanol–water partition coefficient (Wildman–Crippen LogP) is 2.57. The molecule has 1 aliphatic heterocycles. The molecule has 0 radical (unpaired) electrons. The monoisotopic (exact) mass is 440 g/mol. The molecule has 0 N–H and O–H groups in total. The largest absolute Gasteiger partial charge is 0.496 e. The molecular weight excluding hydrogens is 411 g/mol. The second-order valence-electron chi connectivity index (χ2n) is 9.98. The van der Waals surface area contributed by atoms with Crippen molar-refractivity contribution in [3.63, 3.8) is 0 Å². The van der Waals surface area contributed by atoms with Gasteiger partial charge in [0.15, 0.2) is 17.2 Å². The van der Waals surface area contributed by atoms with E-state index in [4.69, 9.17) is 14.0 Å². The normalized spacial score (nSPS) is 17.7. The molecule has 11 heteroatoms. The average molecular weight is 440 g/mol. The summed E-state index contributed by atoms with van der Waals surface area (Å²) < 4.78 is 21.4. The summed E-state index contributed by atoms with van der Waals surface area (Å²) in [5.41, 5.74) is -0.501. The summed E-state index contributed by atoms with van der Waals surface area (Å²) in [7, 11) is 1.16. The summed E-state index contributed by atoms with van der Waals surface area (Å²) in [6.45, 7) is 13.7. The number of aryl methyl sites for hydroxylation is 1. The van der Waals surface area contributed by atoms with Crippen LogP contribution in [0, 0.1) is 0 Å². The average Bonchev–Trinajstić information content (AvgIpc) is 3.32. The molecule has 32 heavy (non-hydrogen) atoms. The van der Waals surface area contributed by atoms with E-state index in [1.54, 1.807) is 40.8 Å². The molecule has 10 nitrogen and oxygen atoms in total. The molecule has 0 spiro atoms. The van der Waals surface area contributed by atoms with Crippen LogP contribution in [0.4, 0.5) is 10.6 Å². The summed E-state index contributed by atoms with van der Waals surface area (Å²) in [5, 5.41) is 8.59. The summed E-state index contributed by atoms with van der Waals surface area (Å²) in [6, 6.07) is 3.48. The molecule has 0 bridgehead atoms. The van der Waals surface area contributed by atoms with E-state index < -0.39 is 30.0 Å². The van der Waals surface area contributed by atoms with Crippen molar-refractivity contribution >= 4 is 30.1 Å². The number of anilines is 1. The van der Waals surface area contributed by atoms with Crippen LogP contribution >= 0.6 is 0 Å². The van der Waals surface area contributed by atoms with E-state index >= 15 is 0 Å². The quantitative estimate of drug-likeness (QED) is 0.578. The highest BCUT2D eigenvalue weighted by Gasteiger charge is 2.52. The standard InChI is InChI=1S/C21H29BN6O4/c1-19(2,3)28(16-9-10-26(8)25-16)18(29)30-15-11-14(12-27-17(15)23-13-24-27)22-31-20(4,5)21(6,7)32-22/h9-13H,1-8H3. The number of hydrogen-bond donors (Lipinski definition) is 0. The van der Waals surface area contributed by atoms with E-state index in [0.29, 0.717) is 16.9 Å². The van der Waals surface area contributed by atoms with Gasteiger partial charge in [-0.05, 0) is 54.5 Å². The summed E-state index contributed by atoms with van der Waals surface area (Å²) >= 11 is 0. The third kappa shape index (κ3) is 3.86. The number of aromatic nitrogens is 5. The van der Waals surface area contributed by atoms with Crippen LogP contribution in [0.3, 0.4) is 0 Å². The number of fused-ring (bicyclic) bond motifs is 1. The molecule has 0 aromatic carbocycles. The Bertz CT molecular complexity index is 1150. The topological polar surface area (TPSA) is 96.0 Å². The fourth-order valence-electron chi connectivity index (χ4n) is 3.47. The highest BCUT2D eigenvalue weighted by atomic mass is 16.7. The van der Waals surface area contributed by atoms with Crippen LogP contribution in [0.5, 0.6) is 5.75 Å². The van der Waals surface area contributed by atoms with Crippen LogP contribution in [0.2, 0.25) is 0 Å². The second kappa shape index (κ2) is 7.31. The summed E-state index contributed by atoms with van der Waals surface area (Å²) in [6.07, 6.45) is 4.37. The minimum Gasteiger partial charge on any atom is -0.406 e. The van der Waals surface area contributed by atoms with Crippen LogP contribution in [-0.4, -0.2) is 54.3 Å². The van der Waals surface area contributed by atoms with Gasteiger partial charge < -0.3 is 14.0 Å². The van der Waals surface area contributed by atoms with E-state index in [1.165, 1.54) is 11.2 Å². The van der Waals surface area contributed by atoms with E-state index in [1.807, 2.05) is 48.5 Å². The van der Waals surface area contributed by atoms with Gasteiger partial charge in [0, 0.05) is 36.5 Å². The molecule has 170 valence electrons. The highest BCUT2D eigenvalue weighted by molar-refractivity contribution is 6.62. The molecule has 1 fully saturated rings. The lowest BCUT2D eigenvalue weighted by molar-refractivity contribution is 0.00578. The van der Waals surface area contributed by atoms with Crippen LogP contribution in [0.15, 0.2) is 30.9 Å². The summed E-state index contributed by atoms with van der Waals surface area (Å²) in [5.74, 6) is 0.745. The van der Waals surface area contributed by atoms with Gasteiger partial charge in [-0.25, -0.2) is 14.3 Å². The molecule has 3 aromatic rings. The third-order valence-corrected chi connectivity index (χ3v) is 5.87. The van der Waals surface area contributed by atoms with Crippen LogP contribution in [0.25, 0.3) is 5.65 Å². The number of carbonyl (C=O) groups is 1. The Balaban J connectivity index is 1.70. The summed E-state index contributed by atoms with van der Waals surface area (Å²) in [4.78, 5) is 19.1. The number of rotatable bonds is 3. The van der Waals surface area contributed by atoms with Crippen molar-refractivity contribution < 1.29 is 18.8 Å². The first-order valence-corrected chi connectivity index (χ1v) is 10.5. The van der Waals surface area contributed by atoms with Gasteiger partial charge >= 0.3 is 13.2 Å². The Morgan fingerprint density at radius 2 is 1.84 bits per heavy atom. The fraction of sp³-hybridized carbons (Fsp3) is 0.524. The van der Waals surface area contributed by atoms with Crippen molar-refractivity contribution in [3.8, 4) is 5.75 Å². The number of amides is 1. The van der Waals surface area contributed by atoms with Gasteiger partial charge in [0.25, 0.3) is 0 Å². The smallest absolute Gasteiger partial charge is 0.406 e. The van der Waals surface area contributed by atoms with Crippen molar-refractivity contribution in [2.24, 2.45) is 7.05 Å². The second-order valence-corrected chi connectivity index (χ2v) is 9.98. The zero-order valence-electron chi connectivity index (χ0n) is 19.8. The van der Waals surface area contributed by atoms with Gasteiger partial charge in [0.05, 0.1) is 11.2 Å². The lowest BCUT2D eigenvalue weighted by atomic mass is 9.80. The number of hydrogen-bond acceptors (Lipinski definition) is 7. The zero-order chi connectivity index (χ0) is 23.5. The molecule has 4 heterocycles. The number of ether oxygens (including phenoxy) is 1. The third-order valence-electron chi connectivity index (χ3n) is 5.87. The maximum Gasteiger partial charge on any atom is 0.496 e. The fourth-order valence-corrected chi connectivity index (χ4v) is 3.47. The molecule has 1 saturated heterocycles. The minimum absolute atomic E-state index is 0.255. The molecule has 0 aliphatic carbocycles. The van der Waals surface area contributed by atoms with Gasteiger partial charge in [0.2, 0.25) is 0 Å². The first-order valence-electron chi connectivity index (χ1n) is 10.5. The maximum absolute atomic E-state index is 13.3. The van der Waals surface area contributed by atoms with E-state index in [-0.39, 0.29) is 5.75 Å². The highest BCUT2D eigenvalue weighted by Crippen LogP contribution is 2.37. The van der Waals surface area contributed by atoms with Crippen molar-refractivity contribution in [2.45, 2.75) is 65.2 Å². The van der Waals surface area contributed by atoms with Gasteiger partial charge in [0.1, 0.15) is 6.33 Å². The molecule has 3 aromatic heterocycles. The lowest BCUT2D eigenvalue weighted by Crippen LogP contribution is -2.48. The lowest BCUT2D eigenvalue weighted by Gasteiger charge is -2.32. The van der Waals surface area contributed by atoms with Crippen molar-refractivity contribution in [2.75, 3.05) is 4.90 Å². The van der Waals surface area contributed by atoms with Gasteiger partial charge in [-0.2, -0.15) is 10.2 Å². The number of nitrogens with zero attached hydrogens (tertiary/aromatic N) is 6. The van der Waals surface area contributed by atoms with E-state index in [9.17, 15) is 4.79 Å². The van der Waals surface area contributed by atoms with Gasteiger partial charge in [-0.3, -0.25) is 9.58 Å². The number of carbonyl (C=O) groups excluding carboxylic acids is 1. The van der Waals surface area contributed by atoms with Crippen molar-refractivity contribution in [1.29, 1.82) is 0 Å². The SMILES string of the molecule is Cn1ccc(N(C(=O)Oc2cc(B3OC(C)(C)C(C)(C)O3)cn3ncnc23)C(C)(C)C)n1. The van der Waals surface area contributed by atoms with Crippen LogP contribution in [-0.2, 0) is 16.4 Å². The zero-order valence-corrected chi connectivity index (χ0v) is 19.8. The minimum atomic E-state index is -0.638. The first kappa shape index (κ1) is 22.3. The first-order chi connectivity index (χ1) is 14.8. The Labute approximate surface area is 187 Å². The molecule has 1 aliphatic rings. The van der Waals surface area contributed by atoms with Gasteiger partial charge in [-0.1, -0.05) is 0 Å². The van der Waals surface area contributed by atoms with E-state index in [2.05, 4.69) is 15.2 Å². The van der Waals surface area contributed by atoms with Crippen molar-refractivity contribution in [3.05, 3.63) is 30.9 Å². The molecule has 0 atom stereocenters. The Kier molecular flexibility index (Phi) is 5.09. The Morgan fingerprint density at radius 1 is 1.19 bits per heavy atom. The van der Waals surface area contributed by atoms with Crippen molar-refractivity contribution in [1.82, 2.24) is 24.4 Å². The Morgan fingerprint density at radius 3 is 2.41 bits per heavy atom. The molecule has 4 rings (SSSR count). The Hall–Kier alpha value is -2.92. The molecule has 0 unspecified atom stereocenters. The molecule has 1 amide bonds. The predicted molar refractivity (Wildman–Crippen MR) is 120 cm³/mol. The molecular formula is C21H29BN6O4.